The zero-order valence-electron chi connectivity index (χ0n) is 16.6. The molecule has 0 saturated carbocycles. The summed E-state index contributed by atoms with van der Waals surface area (Å²) in [4.78, 5) is 18.0. The van der Waals surface area contributed by atoms with Gasteiger partial charge in [-0.2, -0.15) is 0 Å². The van der Waals surface area contributed by atoms with Crippen molar-refractivity contribution in [3.05, 3.63) is 77.9 Å². The number of anilines is 2. The molecule has 0 bridgehead atoms. The molecule has 1 aromatic carbocycles. The van der Waals surface area contributed by atoms with E-state index in [4.69, 9.17) is 12.2 Å². The zero-order valence-corrected chi connectivity index (χ0v) is 17.4. The van der Waals surface area contributed by atoms with Gasteiger partial charge in [0.25, 0.3) is 0 Å². The summed E-state index contributed by atoms with van der Waals surface area (Å²) in [5.74, 6) is -0.0940. The van der Waals surface area contributed by atoms with Gasteiger partial charge in [-0.25, -0.2) is 0 Å². The van der Waals surface area contributed by atoms with Crippen LogP contribution in [0, 0.1) is 6.92 Å². The van der Waals surface area contributed by atoms with Gasteiger partial charge in [0.15, 0.2) is 5.11 Å². The van der Waals surface area contributed by atoms with Crippen LogP contribution < -0.4 is 15.5 Å². The second-order valence-electron chi connectivity index (χ2n) is 7.18. The quantitative estimate of drug-likeness (QED) is 0.646. The third-order valence-corrected chi connectivity index (χ3v) is 5.59. The number of amides is 1. The molecule has 29 heavy (non-hydrogen) atoms. The second kappa shape index (κ2) is 7.67. The second-order valence-corrected chi connectivity index (χ2v) is 7.57. The molecular weight excluding hydrogens is 382 g/mol. The third kappa shape index (κ3) is 3.61. The van der Waals surface area contributed by atoms with E-state index in [9.17, 15) is 4.79 Å². The van der Waals surface area contributed by atoms with Crippen LogP contribution in [0.4, 0.5) is 11.4 Å². The molecule has 3 heterocycles. The molecule has 1 saturated heterocycles. The van der Waals surface area contributed by atoms with Gasteiger partial charge >= 0.3 is 0 Å². The number of rotatable bonds is 4. The van der Waals surface area contributed by atoms with Crippen LogP contribution in [0.1, 0.15) is 36.1 Å². The monoisotopic (exact) mass is 405 g/mol. The van der Waals surface area contributed by atoms with Crippen LogP contribution in [0.25, 0.3) is 0 Å². The van der Waals surface area contributed by atoms with E-state index in [0.29, 0.717) is 5.11 Å². The Balaban J connectivity index is 1.77. The molecule has 4 rings (SSSR count). The molecule has 2 atom stereocenters. The van der Waals surface area contributed by atoms with E-state index in [0.717, 1.165) is 22.8 Å². The molecular formula is C22H23N5OS. The van der Waals surface area contributed by atoms with Crippen molar-refractivity contribution in [1.29, 1.82) is 0 Å². The van der Waals surface area contributed by atoms with Crippen LogP contribution in [0.3, 0.4) is 0 Å². The van der Waals surface area contributed by atoms with E-state index in [1.807, 2.05) is 42.5 Å². The number of hydrogen-bond acceptors (Lipinski definition) is 3. The lowest BCUT2D eigenvalue weighted by atomic mass is 10.0. The summed E-state index contributed by atoms with van der Waals surface area (Å²) in [6.07, 6.45) is 1.80. The fraction of sp³-hybridized carbons (Fsp3) is 0.227. The largest absolute Gasteiger partial charge is 0.351 e. The van der Waals surface area contributed by atoms with Crippen LogP contribution in [-0.2, 0) is 11.8 Å². The maximum Gasteiger partial charge on any atom is 0.221 e. The molecule has 1 aliphatic rings. The summed E-state index contributed by atoms with van der Waals surface area (Å²) in [6, 6.07) is 17.8. The van der Waals surface area contributed by atoms with E-state index >= 15 is 0 Å². The Morgan fingerprint density at radius 1 is 1.14 bits per heavy atom. The average Bonchev–Trinajstić information content (AvgIpc) is 3.22. The first-order valence-electron chi connectivity index (χ1n) is 9.46. The number of aryl methyl sites for hydroxylation is 1. The summed E-state index contributed by atoms with van der Waals surface area (Å²) < 4.78 is 2.19. The molecule has 0 radical (unpaired) electrons. The Morgan fingerprint density at radius 2 is 1.90 bits per heavy atom. The van der Waals surface area contributed by atoms with Crippen LogP contribution in [0.15, 0.2) is 60.8 Å². The predicted molar refractivity (Wildman–Crippen MR) is 119 cm³/mol. The van der Waals surface area contributed by atoms with Crippen molar-refractivity contribution in [3.63, 3.8) is 0 Å². The first kappa shape index (κ1) is 19.1. The predicted octanol–water partition coefficient (Wildman–Crippen LogP) is 3.86. The number of carbonyl (C=O) groups excluding carboxylic acids is 1. The van der Waals surface area contributed by atoms with Crippen molar-refractivity contribution < 1.29 is 4.79 Å². The number of benzene rings is 1. The molecule has 2 unspecified atom stereocenters. The number of nitrogens with zero attached hydrogens (tertiary/aromatic N) is 3. The first-order valence-corrected chi connectivity index (χ1v) is 9.87. The molecule has 7 heteroatoms. The van der Waals surface area contributed by atoms with Gasteiger partial charge in [0.05, 0.1) is 11.7 Å². The van der Waals surface area contributed by atoms with Crippen LogP contribution >= 0.6 is 12.2 Å². The van der Waals surface area contributed by atoms with Crippen LogP contribution in [0.2, 0.25) is 0 Å². The van der Waals surface area contributed by atoms with E-state index in [-0.39, 0.29) is 18.0 Å². The van der Waals surface area contributed by atoms with Gasteiger partial charge in [0, 0.05) is 42.9 Å². The molecule has 1 aliphatic heterocycles. The minimum Gasteiger partial charge on any atom is -0.351 e. The van der Waals surface area contributed by atoms with Crippen LogP contribution in [-0.4, -0.2) is 20.6 Å². The molecule has 1 amide bonds. The lowest BCUT2D eigenvalue weighted by molar-refractivity contribution is -0.114. The molecule has 6 nitrogen and oxygen atoms in total. The molecule has 3 aromatic rings. The highest BCUT2D eigenvalue weighted by atomic mass is 32.1. The minimum atomic E-state index is -0.0940. The Labute approximate surface area is 175 Å². The number of hydrogen-bond donors (Lipinski definition) is 2. The van der Waals surface area contributed by atoms with E-state index in [1.54, 1.807) is 6.20 Å². The van der Waals surface area contributed by atoms with Gasteiger partial charge < -0.3 is 20.1 Å². The highest BCUT2D eigenvalue weighted by molar-refractivity contribution is 7.80. The number of thiocarbonyl (C=S) groups is 1. The van der Waals surface area contributed by atoms with Gasteiger partial charge in [-0.15, -0.1) is 0 Å². The molecule has 0 aliphatic carbocycles. The molecule has 1 fully saturated rings. The smallest absolute Gasteiger partial charge is 0.221 e. The Morgan fingerprint density at radius 3 is 2.48 bits per heavy atom. The molecule has 2 aromatic heterocycles. The lowest BCUT2D eigenvalue weighted by Crippen LogP contribution is -2.30. The van der Waals surface area contributed by atoms with Crippen molar-refractivity contribution in [2.45, 2.75) is 25.9 Å². The third-order valence-electron chi connectivity index (χ3n) is 5.28. The van der Waals surface area contributed by atoms with E-state index in [2.05, 4.69) is 51.2 Å². The number of nitrogens with one attached hydrogen (secondary N) is 2. The number of aromatic nitrogens is 2. The van der Waals surface area contributed by atoms with Crippen molar-refractivity contribution >= 4 is 34.6 Å². The van der Waals surface area contributed by atoms with Crippen LogP contribution in [0.5, 0.6) is 0 Å². The SMILES string of the molecule is CC(=O)Nc1ccc(N2C(=S)NC(c3ccccn3)C2c2ccc(C)n2C)cc1. The maximum absolute atomic E-state index is 11.3. The molecule has 0 spiro atoms. The number of carbonyl (C=O) groups is 1. The maximum atomic E-state index is 11.3. The average molecular weight is 406 g/mol. The van der Waals surface area contributed by atoms with Gasteiger partial charge in [-0.3, -0.25) is 9.78 Å². The van der Waals surface area contributed by atoms with Crippen molar-refractivity contribution in [1.82, 2.24) is 14.9 Å². The Bertz CT molecular complexity index is 1040. The minimum absolute atomic E-state index is 0.0530. The Kier molecular flexibility index (Phi) is 5.07. The highest BCUT2D eigenvalue weighted by Gasteiger charge is 2.41. The van der Waals surface area contributed by atoms with Gasteiger partial charge in [-0.05, 0) is 67.7 Å². The molecule has 2 N–H and O–H groups in total. The fourth-order valence-electron chi connectivity index (χ4n) is 3.77. The van der Waals surface area contributed by atoms with Gasteiger partial charge in [0.2, 0.25) is 5.91 Å². The summed E-state index contributed by atoms with van der Waals surface area (Å²) in [5.41, 5.74) is 4.98. The first-order chi connectivity index (χ1) is 14.0. The van der Waals surface area contributed by atoms with E-state index < -0.39 is 0 Å². The van der Waals surface area contributed by atoms with E-state index in [1.165, 1.54) is 12.6 Å². The Hall–Kier alpha value is -3.19. The fourth-order valence-corrected chi connectivity index (χ4v) is 4.12. The lowest BCUT2D eigenvalue weighted by Gasteiger charge is -2.28. The summed E-state index contributed by atoms with van der Waals surface area (Å²) in [6.45, 7) is 3.59. The summed E-state index contributed by atoms with van der Waals surface area (Å²) in [7, 11) is 2.07. The van der Waals surface area contributed by atoms with Crippen molar-refractivity contribution in [3.8, 4) is 0 Å². The van der Waals surface area contributed by atoms with Gasteiger partial charge in [0.1, 0.15) is 6.04 Å². The summed E-state index contributed by atoms with van der Waals surface area (Å²) >= 11 is 5.74. The normalized spacial score (nSPS) is 18.6. The topological polar surface area (TPSA) is 62.2 Å². The zero-order chi connectivity index (χ0) is 20.5. The molecule has 148 valence electrons. The van der Waals surface area contributed by atoms with Crippen molar-refractivity contribution in [2.24, 2.45) is 7.05 Å². The number of pyridine rings is 1. The van der Waals surface area contributed by atoms with Crippen molar-refractivity contribution in [2.75, 3.05) is 10.2 Å². The summed E-state index contributed by atoms with van der Waals surface area (Å²) in [5, 5.41) is 6.92. The standard InChI is InChI=1S/C22H23N5OS/c1-14-7-12-19(26(14)3)21-20(18-6-4-5-13-23-18)25-22(29)27(21)17-10-8-16(9-11-17)24-15(2)28/h4-13,20-21H,1-3H3,(H,24,28)(H,25,29). The van der Waals surface area contributed by atoms with Gasteiger partial charge in [-0.1, -0.05) is 6.07 Å². The highest BCUT2D eigenvalue weighted by Crippen LogP contribution is 2.41.